The normalized spacial score (nSPS) is 11.3. The van der Waals surface area contributed by atoms with Crippen LogP contribution in [0.5, 0.6) is 0 Å². The van der Waals surface area contributed by atoms with Gasteiger partial charge in [0.15, 0.2) is 6.61 Å². The zero-order chi connectivity index (χ0) is 24.2. The third-order valence-electron chi connectivity index (χ3n) is 4.61. The van der Waals surface area contributed by atoms with Gasteiger partial charge in [0.05, 0.1) is 10.6 Å². The molecule has 3 N–H and O–H groups in total. The first-order chi connectivity index (χ1) is 15.8. The molecule has 1 atom stereocenters. The van der Waals surface area contributed by atoms with Crippen LogP contribution >= 0.6 is 23.4 Å². The van der Waals surface area contributed by atoms with Crippen LogP contribution in [-0.4, -0.2) is 54.9 Å². The van der Waals surface area contributed by atoms with Crippen molar-refractivity contribution in [3.8, 4) is 0 Å². The molecule has 10 heteroatoms. The summed E-state index contributed by atoms with van der Waals surface area (Å²) in [6.45, 7) is -0.501. The monoisotopic (exact) mass is 491 g/mol. The van der Waals surface area contributed by atoms with Gasteiger partial charge in [-0.15, -0.1) is 0 Å². The molecule has 0 radical (unpaired) electrons. The van der Waals surface area contributed by atoms with Gasteiger partial charge in [0, 0.05) is 18.7 Å². The maximum atomic E-state index is 12.8. The molecule has 8 nitrogen and oxygen atoms in total. The molecule has 1 unspecified atom stereocenters. The van der Waals surface area contributed by atoms with Crippen molar-refractivity contribution < 1.29 is 23.9 Å². The number of benzene rings is 2. The number of carbonyl (C=O) groups excluding carboxylic acids is 4. The Kier molecular flexibility index (Phi) is 10.7. The minimum Gasteiger partial charge on any atom is -0.454 e. The summed E-state index contributed by atoms with van der Waals surface area (Å²) >= 11 is 7.58. The first-order valence-corrected chi connectivity index (χ1v) is 11.9. The van der Waals surface area contributed by atoms with Crippen molar-refractivity contribution in [1.82, 2.24) is 5.32 Å². The van der Waals surface area contributed by atoms with E-state index in [1.165, 1.54) is 16.7 Å². The molecular formula is C23H26ClN3O5S. The zero-order valence-electron chi connectivity index (χ0n) is 18.2. The molecule has 3 amide bonds. The summed E-state index contributed by atoms with van der Waals surface area (Å²) < 4.78 is 5.24. The van der Waals surface area contributed by atoms with Gasteiger partial charge in [-0.3, -0.25) is 14.4 Å². The zero-order valence-corrected chi connectivity index (χ0v) is 19.7. The molecule has 0 aliphatic heterocycles. The Morgan fingerprint density at radius 1 is 1.09 bits per heavy atom. The van der Waals surface area contributed by atoms with Gasteiger partial charge in [-0.2, -0.15) is 11.8 Å². The number of primary amides is 1. The summed E-state index contributed by atoms with van der Waals surface area (Å²) in [6, 6.07) is 14.2. The Labute approximate surface area is 201 Å². The molecule has 0 saturated carbocycles. The summed E-state index contributed by atoms with van der Waals surface area (Å²) in [6.07, 6.45) is 2.14. The summed E-state index contributed by atoms with van der Waals surface area (Å²) in [5.74, 6) is -1.73. The number of esters is 1. The number of ether oxygens (including phenoxy) is 1. The number of anilines is 1. The minimum absolute atomic E-state index is 0.0428. The third kappa shape index (κ3) is 8.43. The molecule has 2 aromatic rings. The third-order valence-corrected chi connectivity index (χ3v) is 5.58. The molecule has 176 valence electrons. The molecule has 0 aliphatic carbocycles. The minimum atomic E-state index is -0.954. The van der Waals surface area contributed by atoms with E-state index in [1.807, 2.05) is 6.26 Å². The molecule has 0 saturated heterocycles. The first kappa shape index (κ1) is 26.2. The molecule has 2 aromatic carbocycles. The molecule has 0 spiro atoms. The number of nitrogens with zero attached hydrogens (tertiary/aromatic N) is 1. The number of nitrogens with one attached hydrogen (secondary N) is 1. The molecule has 0 bridgehead atoms. The highest BCUT2D eigenvalue weighted by atomic mass is 35.5. The highest BCUT2D eigenvalue weighted by molar-refractivity contribution is 7.98. The van der Waals surface area contributed by atoms with Gasteiger partial charge in [-0.1, -0.05) is 41.9 Å². The standard InChI is InChI=1S/C23H26ClN3O5S/c1-33-14-12-19(26-22(30)17-9-5-6-10-18(17)24)23(31)32-15-21(29)27(13-11-20(25)28)16-7-3-2-4-8-16/h2-10,19H,11-15H2,1H3,(H2,25,28)(H,26,30). The Balaban J connectivity index is 2.06. The second kappa shape index (κ2) is 13.5. The van der Waals surface area contributed by atoms with Gasteiger partial charge in [-0.25, -0.2) is 4.79 Å². The smallest absolute Gasteiger partial charge is 0.329 e. The summed E-state index contributed by atoms with van der Waals surface area (Å²) in [5.41, 5.74) is 6.00. The number of hydrogen-bond acceptors (Lipinski definition) is 6. The lowest BCUT2D eigenvalue weighted by Crippen LogP contribution is -2.44. The van der Waals surface area contributed by atoms with Gasteiger partial charge < -0.3 is 20.7 Å². The van der Waals surface area contributed by atoms with Crippen molar-refractivity contribution >= 4 is 52.7 Å². The van der Waals surface area contributed by atoms with E-state index in [9.17, 15) is 19.2 Å². The van der Waals surface area contributed by atoms with Crippen LogP contribution < -0.4 is 16.0 Å². The molecule has 0 heterocycles. The maximum Gasteiger partial charge on any atom is 0.329 e. The fourth-order valence-corrected chi connectivity index (χ4v) is 3.60. The number of halogens is 1. The van der Waals surface area contributed by atoms with Crippen LogP contribution in [0.25, 0.3) is 0 Å². The Morgan fingerprint density at radius 3 is 2.39 bits per heavy atom. The van der Waals surface area contributed by atoms with Crippen molar-refractivity contribution in [3.05, 3.63) is 65.2 Å². The SMILES string of the molecule is CSCCC(NC(=O)c1ccccc1Cl)C(=O)OCC(=O)N(CCC(N)=O)c1ccccc1. The molecule has 0 fully saturated rings. The number of hydrogen-bond donors (Lipinski definition) is 2. The lowest BCUT2D eigenvalue weighted by atomic mass is 10.1. The molecule has 0 aliphatic rings. The first-order valence-electron chi connectivity index (χ1n) is 10.2. The van der Waals surface area contributed by atoms with E-state index in [0.717, 1.165) is 0 Å². The van der Waals surface area contributed by atoms with Crippen molar-refractivity contribution in [2.75, 3.05) is 30.1 Å². The Morgan fingerprint density at radius 2 is 1.76 bits per heavy atom. The Hall–Kier alpha value is -3.04. The van der Waals surface area contributed by atoms with Crippen LogP contribution in [0.2, 0.25) is 5.02 Å². The van der Waals surface area contributed by atoms with E-state index < -0.39 is 36.3 Å². The van der Waals surface area contributed by atoms with Crippen molar-refractivity contribution in [2.24, 2.45) is 5.73 Å². The largest absolute Gasteiger partial charge is 0.454 e. The highest BCUT2D eigenvalue weighted by Crippen LogP contribution is 2.16. The predicted octanol–water partition coefficient (Wildman–Crippen LogP) is 2.64. The van der Waals surface area contributed by atoms with E-state index >= 15 is 0 Å². The van der Waals surface area contributed by atoms with Gasteiger partial charge in [0.25, 0.3) is 11.8 Å². The van der Waals surface area contributed by atoms with E-state index in [0.29, 0.717) is 17.9 Å². The second-order valence-electron chi connectivity index (χ2n) is 6.99. The van der Waals surface area contributed by atoms with E-state index in [4.69, 9.17) is 22.1 Å². The summed E-state index contributed by atoms with van der Waals surface area (Å²) in [7, 11) is 0. The van der Waals surface area contributed by atoms with Crippen LogP contribution in [0.1, 0.15) is 23.2 Å². The van der Waals surface area contributed by atoms with E-state index in [-0.39, 0.29) is 23.6 Å². The average Bonchev–Trinajstić information content (AvgIpc) is 2.81. The van der Waals surface area contributed by atoms with Crippen LogP contribution in [0.3, 0.4) is 0 Å². The van der Waals surface area contributed by atoms with Crippen LogP contribution in [0.4, 0.5) is 5.69 Å². The lowest BCUT2D eigenvalue weighted by Gasteiger charge is -2.23. The van der Waals surface area contributed by atoms with Crippen molar-refractivity contribution in [3.63, 3.8) is 0 Å². The molecular weight excluding hydrogens is 466 g/mol. The summed E-state index contributed by atoms with van der Waals surface area (Å²) in [5, 5.41) is 2.90. The van der Waals surface area contributed by atoms with Crippen LogP contribution in [-0.2, 0) is 19.1 Å². The van der Waals surface area contributed by atoms with Gasteiger partial charge in [0.2, 0.25) is 5.91 Å². The lowest BCUT2D eigenvalue weighted by molar-refractivity contribution is -0.149. The van der Waals surface area contributed by atoms with E-state index in [2.05, 4.69) is 5.32 Å². The molecule has 2 rings (SSSR count). The number of nitrogens with two attached hydrogens (primary N) is 1. The maximum absolute atomic E-state index is 12.8. The number of amides is 3. The quantitative estimate of drug-likeness (QED) is 0.440. The fraction of sp³-hybridized carbons (Fsp3) is 0.304. The fourth-order valence-electron chi connectivity index (χ4n) is 2.91. The van der Waals surface area contributed by atoms with Gasteiger partial charge in [0.1, 0.15) is 6.04 Å². The van der Waals surface area contributed by atoms with Crippen molar-refractivity contribution in [2.45, 2.75) is 18.9 Å². The molecule has 0 aromatic heterocycles. The van der Waals surface area contributed by atoms with Gasteiger partial charge >= 0.3 is 5.97 Å². The van der Waals surface area contributed by atoms with Gasteiger partial charge in [-0.05, 0) is 42.7 Å². The highest BCUT2D eigenvalue weighted by Gasteiger charge is 2.25. The van der Waals surface area contributed by atoms with Crippen molar-refractivity contribution in [1.29, 1.82) is 0 Å². The van der Waals surface area contributed by atoms with Crippen LogP contribution in [0.15, 0.2) is 54.6 Å². The van der Waals surface area contributed by atoms with E-state index in [1.54, 1.807) is 54.6 Å². The molecule has 33 heavy (non-hydrogen) atoms. The predicted molar refractivity (Wildman–Crippen MR) is 129 cm³/mol. The second-order valence-corrected chi connectivity index (χ2v) is 8.39. The Bertz CT molecular complexity index is 974. The average molecular weight is 492 g/mol. The number of rotatable bonds is 12. The summed E-state index contributed by atoms with van der Waals surface area (Å²) in [4.78, 5) is 50.6. The number of carbonyl (C=O) groups is 4. The number of thioether (sulfide) groups is 1. The number of para-hydroxylation sites is 1. The topological polar surface area (TPSA) is 119 Å². The van der Waals surface area contributed by atoms with Crippen LogP contribution in [0, 0.1) is 0 Å².